The van der Waals surface area contributed by atoms with E-state index in [4.69, 9.17) is 9.47 Å². The number of carbonyl (C=O) groups excluding carboxylic acids is 2. The molecule has 4 unspecified atom stereocenters. The number of piperidine rings is 1. The van der Waals surface area contributed by atoms with Crippen molar-refractivity contribution in [2.75, 3.05) is 13.7 Å². The Bertz CT molecular complexity index is 906. The highest BCUT2D eigenvalue weighted by Gasteiger charge is 2.45. The third kappa shape index (κ3) is 3.90. The molecule has 5 nitrogen and oxygen atoms in total. The van der Waals surface area contributed by atoms with E-state index in [1.807, 2.05) is 49.4 Å². The number of hydrogen-bond donors (Lipinski definition) is 0. The van der Waals surface area contributed by atoms with Gasteiger partial charge in [-0.1, -0.05) is 60.2 Å². The highest BCUT2D eigenvalue weighted by Crippen LogP contribution is 2.43. The summed E-state index contributed by atoms with van der Waals surface area (Å²) in [6, 6.07) is 17.0. The van der Waals surface area contributed by atoms with Gasteiger partial charge in [0.1, 0.15) is 6.10 Å². The monoisotopic (exact) mass is 391 g/mol. The van der Waals surface area contributed by atoms with E-state index in [1.54, 1.807) is 17.0 Å². The Morgan fingerprint density at radius 1 is 1.03 bits per heavy atom. The van der Waals surface area contributed by atoms with Crippen LogP contribution in [0.25, 0.3) is 0 Å². The molecule has 2 aliphatic heterocycles. The first-order valence-electron chi connectivity index (χ1n) is 9.92. The maximum Gasteiger partial charge on any atom is 0.410 e. The molecule has 4 atom stereocenters. The number of methoxy groups -OCH3 is 1. The molecule has 0 spiro atoms. The largest absolute Gasteiger partial charge is 0.454 e. The SMILES string of the molecule is COC(=O)N1CC2C=CC1C(C(OC(=O)c1ccc(C)cc1)c1ccccc1)C2. The van der Waals surface area contributed by atoms with Crippen molar-refractivity contribution in [3.63, 3.8) is 0 Å². The molecule has 3 aliphatic rings. The third-order valence-corrected chi connectivity index (χ3v) is 5.83. The number of carbonyl (C=O) groups is 2. The lowest BCUT2D eigenvalue weighted by molar-refractivity contribution is -0.0238. The highest BCUT2D eigenvalue weighted by molar-refractivity contribution is 5.89. The molecule has 2 bridgehead atoms. The molecule has 1 aliphatic carbocycles. The Labute approximate surface area is 170 Å². The Morgan fingerprint density at radius 3 is 2.41 bits per heavy atom. The Kier molecular flexibility index (Phi) is 5.38. The number of fused-ring (bicyclic) bond motifs is 2. The van der Waals surface area contributed by atoms with Gasteiger partial charge in [-0.2, -0.15) is 0 Å². The van der Waals surface area contributed by atoms with Crippen molar-refractivity contribution < 1.29 is 19.1 Å². The summed E-state index contributed by atoms with van der Waals surface area (Å²) >= 11 is 0. The van der Waals surface area contributed by atoms with E-state index >= 15 is 0 Å². The van der Waals surface area contributed by atoms with Crippen LogP contribution in [0.15, 0.2) is 66.7 Å². The molecule has 29 heavy (non-hydrogen) atoms. The van der Waals surface area contributed by atoms with Crippen LogP contribution in [0.4, 0.5) is 4.79 Å². The van der Waals surface area contributed by atoms with Gasteiger partial charge in [0.05, 0.1) is 18.7 Å². The standard InChI is InChI=1S/C24H25NO4/c1-16-8-11-19(12-9-16)23(26)29-22(18-6-4-3-5-7-18)20-14-17-10-13-21(20)25(15-17)24(27)28-2/h3-13,17,20-22H,14-15H2,1-2H3. The third-order valence-electron chi connectivity index (χ3n) is 5.83. The van der Waals surface area contributed by atoms with Gasteiger partial charge in [-0.3, -0.25) is 0 Å². The maximum absolute atomic E-state index is 12.9. The second-order valence-electron chi connectivity index (χ2n) is 7.76. The van der Waals surface area contributed by atoms with Crippen molar-refractivity contribution in [3.8, 4) is 0 Å². The zero-order valence-electron chi connectivity index (χ0n) is 16.7. The Hall–Kier alpha value is -3.08. The van der Waals surface area contributed by atoms with Crippen LogP contribution in [0.1, 0.15) is 34.0 Å². The number of hydrogen-bond acceptors (Lipinski definition) is 4. The summed E-state index contributed by atoms with van der Waals surface area (Å²) in [5.74, 6) is -0.156. The van der Waals surface area contributed by atoms with Crippen molar-refractivity contribution in [2.24, 2.45) is 11.8 Å². The summed E-state index contributed by atoms with van der Waals surface area (Å²) in [6.45, 7) is 2.62. The van der Waals surface area contributed by atoms with E-state index < -0.39 is 6.10 Å². The summed E-state index contributed by atoms with van der Waals surface area (Å²) in [4.78, 5) is 27.0. The molecule has 2 aromatic carbocycles. The van der Waals surface area contributed by atoms with Crippen LogP contribution in [0.5, 0.6) is 0 Å². The zero-order valence-corrected chi connectivity index (χ0v) is 16.7. The van der Waals surface area contributed by atoms with Gasteiger partial charge in [0.2, 0.25) is 0 Å². The van der Waals surface area contributed by atoms with Gasteiger partial charge in [0, 0.05) is 12.5 Å². The first-order chi connectivity index (χ1) is 14.1. The number of amides is 1. The van der Waals surface area contributed by atoms with Gasteiger partial charge >= 0.3 is 12.1 Å². The topological polar surface area (TPSA) is 55.8 Å². The van der Waals surface area contributed by atoms with Gasteiger partial charge in [-0.05, 0) is 37.0 Å². The normalized spacial score (nSPS) is 23.5. The molecule has 2 aromatic rings. The van der Waals surface area contributed by atoms with E-state index in [1.165, 1.54) is 7.11 Å². The van der Waals surface area contributed by atoms with Crippen molar-refractivity contribution in [3.05, 3.63) is 83.4 Å². The van der Waals surface area contributed by atoms with Crippen molar-refractivity contribution >= 4 is 12.1 Å². The van der Waals surface area contributed by atoms with Gasteiger partial charge in [-0.15, -0.1) is 0 Å². The minimum Gasteiger partial charge on any atom is -0.454 e. The first kappa shape index (κ1) is 19.2. The lowest BCUT2D eigenvalue weighted by atomic mass is 9.73. The molecular formula is C24H25NO4. The molecule has 0 saturated carbocycles. The molecule has 150 valence electrons. The number of esters is 1. The van der Waals surface area contributed by atoms with E-state index in [0.29, 0.717) is 12.1 Å². The van der Waals surface area contributed by atoms with Crippen LogP contribution in [0.2, 0.25) is 0 Å². The second kappa shape index (κ2) is 8.11. The van der Waals surface area contributed by atoms with Crippen LogP contribution in [-0.2, 0) is 9.47 Å². The number of ether oxygens (including phenoxy) is 2. The summed E-state index contributed by atoms with van der Waals surface area (Å²) in [5.41, 5.74) is 2.55. The van der Waals surface area contributed by atoms with Crippen LogP contribution in [0, 0.1) is 18.8 Å². The predicted octanol–water partition coefficient (Wildman–Crippen LogP) is 4.54. The average Bonchev–Trinajstić information content (AvgIpc) is 2.78. The lowest BCUT2D eigenvalue weighted by Gasteiger charge is -2.47. The molecule has 5 rings (SSSR count). The molecular weight excluding hydrogens is 366 g/mol. The number of aryl methyl sites for hydroxylation is 1. The molecule has 0 N–H and O–H groups in total. The summed E-state index contributed by atoms with van der Waals surface area (Å²) in [7, 11) is 1.40. The van der Waals surface area contributed by atoms with Gasteiger partial charge in [-0.25, -0.2) is 9.59 Å². The minimum atomic E-state index is -0.449. The summed E-state index contributed by atoms with van der Waals surface area (Å²) in [5, 5.41) is 0. The fraction of sp³-hybridized carbons (Fsp3) is 0.333. The minimum absolute atomic E-state index is 0.0327. The quantitative estimate of drug-likeness (QED) is 0.567. The Morgan fingerprint density at radius 2 is 1.76 bits per heavy atom. The zero-order chi connectivity index (χ0) is 20.4. The number of rotatable bonds is 4. The lowest BCUT2D eigenvalue weighted by Crippen LogP contribution is -2.54. The summed E-state index contributed by atoms with van der Waals surface area (Å²) < 4.78 is 11.0. The first-order valence-corrected chi connectivity index (χ1v) is 9.92. The van der Waals surface area contributed by atoms with E-state index in [2.05, 4.69) is 12.2 Å². The predicted molar refractivity (Wildman–Crippen MR) is 109 cm³/mol. The highest BCUT2D eigenvalue weighted by atomic mass is 16.5. The fourth-order valence-corrected chi connectivity index (χ4v) is 4.36. The second-order valence-corrected chi connectivity index (χ2v) is 7.76. The molecule has 1 saturated heterocycles. The molecule has 5 heteroatoms. The van der Waals surface area contributed by atoms with E-state index in [0.717, 1.165) is 17.5 Å². The fourth-order valence-electron chi connectivity index (χ4n) is 4.36. The maximum atomic E-state index is 12.9. The van der Waals surface area contributed by atoms with Crippen molar-refractivity contribution in [1.82, 2.24) is 4.90 Å². The van der Waals surface area contributed by atoms with Gasteiger partial charge in [0.25, 0.3) is 0 Å². The molecule has 2 heterocycles. The van der Waals surface area contributed by atoms with Gasteiger partial charge < -0.3 is 14.4 Å². The number of benzene rings is 2. The molecule has 0 aromatic heterocycles. The molecule has 0 radical (unpaired) electrons. The smallest absolute Gasteiger partial charge is 0.410 e. The van der Waals surface area contributed by atoms with Crippen LogP contribution in [0.3, 0.4) is 0 Å². The van der Waals surface area contributed by atoms with Gasteiger partial charge in [0.15, 0.2) is 0 Å². The van der Waals surface area contributed by atoms with Crippen LogP contribution < -0.4 is 0 Å². The summed E-state index contributed by atoms with van der Waals surface area (Å²) in [6.07, 6.45) is 4.27. The van der Waals surface area contributed by atoms with E-state index in [-0.39, 0.29) is 29.9 Å². The molecule has 1 fully saturated rings. The molecule has 1 amide bonds. The van der Waals surface area contributed by atoms with Crippen molar-refractivity contribution in [2.45, 2.75) is 25.5 Å². The van der Waals surface area contributed by atoms with E-state index in [9.17, 15) is 9.59 Å². The Balaban J connectivity index is 1.64. The van der Waals surface area contributed by atoms with Crippen molar-refractivity contribution in [1.29, 1.82) is 0 Å². The average molecular weight is 391 g/mol. The van der Waals surface area contributed by atoms with Crippen LogP contribution >= 0.6 is 0 Å². The van der Waals surface area contributed by atoms with Crippen LogP contribution in [-0.4, -0.2) is 36.7 Å². The number of nitrogens with zero attached hydrogens (tertiary/aromatic N) is 1.